The topological polar surface area (TPSA) is 93.7 Å². The number of carbonyl (C=O) groups is 2. The first-order chi connectivity index (χ1) is 15.2. The van der Waals surface area contributed by atoms with Crippen molar-refractivity contribution in [3.8, 4) is 0 Å². The van der Waals surface area contributed by atoms with Crippen molar-refractivity contribution in [3.05, 3.63) is 35.7 Å². The molecular formula is C23H33N5O4. The normalized spacial score (nSPS) is 20.4. The van der Waals surface area contributed by atoms with Gasteiger partial charge in [-0.1, -0.05) is 5.16 Å². The number of aromatic nitrogens is 3. The fourth-order valence-corrected chi connectivity index (χ4v) is 4.55. The van der Waals surface area contributed by atoms with Crippen LogP contribution in [0.15, 0.2) is 22.9 Å². The molecular weight excluding hydrogens is 410 g/mol. The Balaban J connectivity index is 1.39. The zero-order chi connectivity index (χ0) is 22.9. The predicted octanol–water partition coefficient (Wildman–Crippen LogP) is 3.77. The number of rotatable bonds is 3. The van der Waals surface area contributed by atoms with Crippen molar-refractivity contribution in [1.29, 1.82) is 0 Å². The molecule has 0 saturated carbocycles. The van der Waals surface area contributed by atoms with E-state index in [1.54, 1.807) is 11.8 Å². The maximum atomic E-state index is 13.4. The van der Waals surface area contributed by atoms with Gasteiger partial charge in [0.1, 0.15) is 11.3 Å². The van der Waals surface area contributed by atoms with Crippen molar-refractivity contribution in [3.63, 3.8) is 0 Å². The maximum Gasteiger partial charge on any atom is 0.410 e. The summed E-state index contributed by atoms with van der Waals surface area (Å²) in [4.78, 5) is 33.8. The van der Waals surface area contributed by atoms with Crippen molar-refractivity contribution in [1.82, 2.24) is 24.5 Å². The predicted molar refractivity (Wildman–Crippen MR) is 117 cm³/mol. The molecule has 0 spiro atoms. The van der Waals surface area contributed by atoms with Gasteiger partial charge in [0, 0.05) is 38.4 Å². The summed E-state index contributed by atoms with van der Waals surface area (Å²) in [6, 6.07) is 4.00. The molecule has 0 radical (unpaired) electrons. The second kappa shape index (κ2) is 8.96. The molecule has 9 nitrogen and oxygen atoms in total. The molecule has 9 heteroatoms. The minimum absolute atomic E-state index is 0.0329. The lowest BCUT2D eigenvalue weighted by Crippen LogP contribution is -2.43. The van der Waals surface area contributed by atoms with Crippen LogP contribution in [0.1, 0.15) is 80.6 Å². The third kappa shape index (κ3) is 4.97. The van der Waals surface area contributed by atoms with Gasteiger partial charge in [-0.05, 0) is 65.5 Å². The average Bonchev–Trinajstić information content (AvgIpc) is 3.41. The molecule has 2 amide bonds. The second-order valence-corrected chi connectivity index (χ2v) is 9.77. The molecule has 4 rings (SSSR count). The molecule has 0 aromatic carbocycles. The van der Waals surface area contributed by atoms with Gasteiger partial charge in [0.2, 0.25) is 5.89 Å². The first-order valence-corrected chi connectivity index (χ1v) is 11.5. The summed E-state index contributed by atoms with van der Waals surface area (Å²) >= 11 is 0. The van der Waals surface area contributed by atoms with E-state index in [4.69, 9.17) is 9.26 Å². The van der Waals surface area contributed by atoms with Crippen LogP contribution in [0.5, 0.6) is 0 Å². The molecule has 2 fully saturated rings. The van der Waals surface area contributed by atoms with Gasteiger partial charge in [-0.3, -0.25) is 4.79 Å². The van der Waals surface area contributed by atoms with Gasteiger partial charge in [0.15, 0.2) is 5.82 Å². The minimum Gasteiger partial charge on any atom is -0.444 e. The fraction of sp³-hybridized carbons (Fsp3) is 0.652. The van der Waals surface area contributed by atoms with E-state index in [2.05, 4.69) is 14.7 Å². The van der Waals surface area contributed by atoms with E-state index in [-0.39, 0.29) is 24.0 Å². The largest absolute Gasteiger partial charge is 0.444 e. The molecule has 0 aliphatic carbocycles. The van der Waals surface area contributed by atoms with Crippen LogP contribution in [0.2, 0.25) is 0 Å². The zero-order valence-electron chi connectivity index (χ0n) is 19.4. The number of amides is 2. The molecule has 2 aliphatic heterocycles. The van der Waals surface area contributed by atoms with Gasteiger partial charge < -0.3 is 23.6 Å². The van der Waals surface area contributed by atoms with Crippen LogP contribution in [-0.4, -0.2) is 68.3 Å². The number of ether oxygens (including phenoxy) is 1. The van der Waals surface area contributed by atoms with Crippen molar-refractivity contribution in [2.75, 3.05) is 26.2 Å². The van der Waals surface area contributed by atoms with Gasteiger partial charge in [0.05, 0.1) is 5.92 Å². The highest BCUT2D eigenvalue weighted by atomic mass is 16.6. The average molecular weight is 444 g/mol. The lowest BCUT2D eigenvalue weighted by atomic mass is 9.97. The fourth-order valence-electron chi connectivity index (χ4n) is 4.55. The van der Waals surface area contributed by atoms with Crippen LogP contribution in [-0.2, 0) is 4.74 Å². The summed E-state index contributed by atoms with van der Waals surface area (Å²) in [5.41, 5.74) is 0.197. The van der Waals surface area contributed by atoms with Gasteiger partial charge >= 0.3 is 6.09 Å². The van der Waals surface area contributed by atoms with E-state index in [9.17, 15) is 9.59 Å². The quantitative estimate of drug-likeness (QED) is 0.717. The molecule has 32 heavy (non-hydrogen) atoms. The first-order valence-electron chi connectivity index (χ1n) is 11.5. The smallest absolute Gasteiger partial charge is 0.410 e. The lowest BCUT2D eigenvalue weighted by molar-refractivity contribution is 0.0186. The number of hydrogen-bond acceptors (Lipinski definition) is 6. The summed E-state index contributed by atoms with van der Waals surface area (Å²) in [7, 11) is 0. The summed E-state index contributed by atoms with van der Waals surface area (Å²) in [5.74, 6) is 1.35. The van der Waals surface area contributed by atoms with Crippen LogP contribution < -0.4 is 0 Å². The van der Waals surface area contributed by atoms with Crippen LogP contribution >= 0.6 is 0 Å². The highest BCUT2D eigenvalue weighted by molar-refractivity contribution is 5.93. The molecule has 1 unspecified atom stereocenters. The van der Waals surface area contributed by atoms with E-state index in [1.165, 1.54) is 0 Å². The molecule has 2 saturated heterocycles. The van der Waals surface area contributed by atoms with E-state index in [1.807, 2.05) is 44.0 Å². The molecule has 2 aliphatic rings. The number of piperidine rings is 2. The van der Waals surface area contributed by atoms with Crippen LogP contribution in [0.25, 0.3) is 0 Å². The van der Waals surface area contributed by atoms with Gasteiger partial charge in [0.25, 0.3) is 5.91 Å². The number of likely N-dealkylation sites (tertiary alicyclic amines) is 2. The summed E-state index contributed by atoms with van der Waals surface area (Å²) < 4.78 is 12.9. The Labute approximate surface area is 188 Å². The number of aryl methyl sites for hydroxylation is 1. The van der Waals surface area contributed by atoms with Gasteiger partial charge in [-0.2, -0.15) is 4.98 Å². The van der Waals surface area contributed by atoms with Crippen molar-refractivity contribution in [2.45, 2.75) is 70.9 Å². The third-order valence-corrected chi connectivity index (χ3v) is 6.11. The molecule has 1 atom stereocenters. The number of hydrogen-bond donors (Lipinski definition) is 0. The van der Waals surface area contributed by atoms with Crippen molar-refractivity contribution in [2.24, 2.45) is 0 Å². The monoisotopic (exact) mass is 443 g/mol. The second-order valence-electron chi connectivity index (χ2n) is 9.77. The molecule has 2 aromatic heterocycles. The zero-order valence-corrected chi connectivity index (χ0v) is 19.4. The SMILES string of the molecule is Cc1noc(C2CCCN(C(=O)c3cccn3C3CCN(C(=O)OC(C)(C)C)CC3)C2)n1. The minimum atomic E-state index is -0.500. The van der Waals surface area contributed by atoms with Crippen LogP contribution in [0.3, 0.4) is 0 Å². The third-order valence-electron chi connectivity index (χ3n) is 6.11. The summed E-state index contributed by atoms with van der Waals surface area (Å²) in [6.07, 6.45) is 5.14. The Kier molecular flexibility index (Phi) is 6.26. The molecule has 4 heterocycles. The van der Waals surface area contributed by atoms with Gasteiger partial charge in [-0.15, -0.1) is 0 Å². The van der Waals surface area contributed by atoms with Crippen molar-refractivity contribution >= 4 is 12.0 Å². The first kappa shape index (κ1) is 22.4. The Bertz CT molecular complexity index is 952. The van der Waals surface area contributed by atoms with Crippen LogP contribution in [0, 0.1) is 6.92 Å². The Morgan fingerprint density at radius 3 is 2.53 bits per heavy atom. The maximum absolute atomic E-state index is 13.4. The van der Waals surface area contributed by atoms with E-state index in [0.717, 1.165) is 32.2 Å². The standard InChI is InChI=1S/C23H33N5O4/c1-16-24-20(32-25-16)17-7-5-11-27(15-17)21(29)19-8-6-12-28(19)18-9-13-26(14-10-18)22(30)31-23(2,3)4/h6,8,12,17-18H,5,7,9-11,13-15H2,1-4H3. The molecule has 0 N–H and O–H groups in total. The highest BCUT2D eigenvalue weighted by Crippen LogP contribution is 2.29. The Hall–Kier alpha value is -2.84. The molecule has 0 bridgehead atoms. The number of carbonyl (C=O) groups excluding carboxylic acids is 2. The molecule has 2 aromatic rings. The van der Waals surface area contributed by atoms with Gasteiger partial charge in [-0.25, -0.2) is 4.79 Å². The summed E-state index contributed by atoms with van der Waals surface area (Å²) in [6.45, 7) is 9.98. The Morgan fingerprint density at radius 1 is 1.12 bits per heavy atom. The van der Waals surface area contributed by atoms with Crippen molar-refractivity contribution < 1.29 is 18.8 Å². The van der Waals surface area contributed by atoms with E-state index < -0.39 is 5.60 Å². The number of nitrogens with zero attached hydrogens (tertiary/aromatic N) is 5. The highest BCUT2D eigenvalue weighted by Gasteiger charge is 2.32. The Morgan fingerprint density at radius 2 is 1.88 bits per heavy atom. The van der Waals surface area contributed by atoms with Crippen LogP contribution in [0.4, 0.5) is 4.79 Å². The molecule has 174 valence electrons. The van der Waals surface area contributed by atoms with E-state index >= 15 is 0 Å². The lowest BCUT2D eigenvalue weighted by Gasteiger charge is -2.35. The van der Waals surface area contributed by atoms with E-state index in [0.29, 0.717) is 37.0 Å². The summed E-state index contributed by atoms with van der Waals surface area (Å²) in [5, 5.41) is 3.89.